The Morgan fingerprint density at radius 2 is 2.19 bits per heavy atom. The van der Waals surface area contributed by atoms with Gasteiger partial charge in [-0.1, -0.05) is 5.92 Å². The van der Waals surface area contributed by atoms with Crippen molar-refractivity contribution in [2.75, 3.05) is 19.4 Å². The van der Waals surface area contributed by atoms with Crippen LogP contribution in [0, 0.1) is 29.6 Å². The van der Waals surface area contributed by atoms with Gasteiger partial charge in [0.05, 0.1) is 22.3 Å². The van der Waals surface area contributed by atoms with Gasteiger partial charge in [0, 0.05) is 25.8 Å². The fourth-order valence-corrected chi connectivity index (χ4v) is 5.01. The summed E-state index contributed by atoms with van der Waals surface area (Å²) in [5.41, 5.74) is 0.512. The van der Waals surface area contributed by atoms with Crippen LogP contribution in [-0.2, 0) is 21.2 Å². The van der Waals surface area contributed by atoms with E-state index in [9.17, 15) is 22.4 Å². The first-order valence-corrected chi connectivity index (χ1v) is 12.0. The van der Waals surface area contributed by atoms with Crippen LogP contribution in [0.2, 0.25) is 0 Å². The standard InChI is InChI=1S/C20H21FN2O6S2/c1-19(18(26)22-27,31(2,28)29)7-8-23-11-13-9-15(30-16(13)17(23)25)6-4-3-5-14-10-20(14,21)12-24/h9,14,24,27H,7-8,10-12H2,1-2H3,(H,22,26)/t14-,19+,20-/m0/s1. The van der Waals surface area contributed by atoms with Crippen molar-refractivity contribution in [3.63, 3.8) is 0 Å². The number of nitrogens with one attached hydrogen (secondary N) is 1. The van der Waals surface area contributed by atoms with Crippen LogP contribution < -0.4 is 5.48 Å². The van der Waals surface area contributed by atoms with Crippen LogP contribution in [0.5, 0.6) is 0 Å². The van der Waals surface area contributed by atoms with Gasteiger partial charge in [0.1, 0.15) is 5.67 Å². The van der Waals surface area contributed by atoms with E-state index in [4.69, 9.17) is 10.3 Å². The zero-order valence-electron chi connectivity index (χ0n) is 16.9. The molecule has 3 atom stereocenters. The third-order valence-corrected chi connectivity index (χ3v) is 8.78. The SMILES string of the molecule is C[C@@](CCN1Cc2cc(C#CC#C[C@H]3C[C@]3(F)CO)sc2C1=O)(C(=O)NO)S(C)(=O)=O. The normalized spacial score (nSPS) is 23.7. The summed E-state index contributed by atoms with van der Waals surface area (Å²) in [5, 5.41) is 17.8. The van der Waals surface area contributed by atoms with E-state index in [0.717, 1.165) is 11.8 Å². The predicted molar refractivity (Wildman–Crippen MR) is 111 cm³/mol. The molecule has 1 fully saturated rings. The summed E-state index contributed by atoms with van der Waals surface area (Å²) in [5.74, 6) is 8.83. The number of sulfone groups is 1. The second-order valence-electron chi connectivity index (χ2n) is 7.85. The van der Waals surface area contributed by atoms with Crippen LogP contribution in [0.15, 0.2) is 6.07 Å². The minimum atomic E-state index is -3.85. The maximum Gasteiger partial charge on any atom is 0.264 e. The molecule has 8 nitrogen and oxygen atoms in total. The summed E-state index contributed by atoms with van der Waals surface area (Å²) in [7, 11) is -3.85. The first-order valence-electron chi connectivity index (χ1n) is 9.32. The largest absolute Gasteiger partial charge is 0.393 e. The van der Waals surface area contributed by atoms with Gasteiger partial charge in [-0.2, -0.15) is 0 Å². The lowest BCUT2D eigenvalue weighted by Gasteiger charge is -2.27. The lowest BCUT2D eigenvalue weighted by atomic mass is 10.1. The van der Waals surface area contributed by atoms with Gasteiger partial charge in [-0.25, -0.2) is 18.3 Å². The van der Waals surface area contributed by atoms with E-state index in [0.29, 0.717) is 9.75 Å². The lowest BCUT2D eigenvalue weighted by Crippen LogP contribution is -2.50. The van der Waals surface area contributed by atoms with Crippen molar-refractivity contribution in [3.8, 4) is 23.7 Å². The quantitative estimate of drug-likeness (QED) is 0.317. The molecule has 166 valence electrons. The van der Waals surface area contributed by atoms with Gasteiger partial charge in [-0.15, -0.1) is 11.3 Å². The zero-order valence-corrected chi connectivity index (χ0v) is 18.5. The Bertz CT molecular complexity index is 1160. The highest BCUT2D eigenvalue weighted by Crippen LogP contribution is 2.46. The van der Waals surface area contributed by atoms with Gasteiger partial charge in [-0.05, 0) is 42.7 Å². The Morgan fingerprint density at radius 3 is 2.74 bits per heavy atom. The van der Waals surface area contributed by atoms with Gasteiger partial charge in [0.15, 0.2) is 14.6 Å². The number of hydrogen-bond donors (Lipinski definition) is 3. The van der Waals surface area contributed by atoms with Gasteiger partial charge in [0.25, 0.3) is 11.8 Å². The Kier molecular flexibility index (Phi) is 6.18. The molecule has 2 aliphatic rings. The number of fused-ring (bicyclic) bond motifs is 1. The number of carbonyl (C=O) groups excluding carboxylic acids is 2. The average molecular weight is 469 g/mol. The first kappa shape index (κ1) is 23.2. The molecular weight excluding hydrogens is 447 g/mol. The number of alkyl halides is 1. The Morgan fingerprint density at radius 1 is 1.48 bits per heavy atom. The number of hydrogen-bond acceptors (Lipinski definition) is 7. The molecule has 0 saturated heterocycles. The molecule has 1 saturated carbocycles. The van der Waals surface area contributed by atoms with Crippen molar-refractivity contribution < 1.29 is 32.7 Å². The van der Waals surface area contributed by atoms with Crippen LogP contribution in [0.1, 0.15) is 39.9 Å². The summed E-state index contributed by atoms with van der Waals surface area (Å²) in [4.78, 5) is 27.1. The highest BCUT2D eigenvalue weighted by atomic mass is 32.2. The Balaban J connectivity index is 1.64. The fourth-order valence-electron chi connectivity index (χ4n) is 3.18. The number of thiophene rings is 1. The van der Waals surface area contributed by atoms with Gasteiger partial charge in [0.2, 0.25) is 0 Å². The van der Waals surface area contributed by atoms with Crippen molar-refractivity contribution in [1.82, 2.24) is 10.4 Å². The highest BCUT2D eigenvalue weighted by molar-refractivity contribution is 7.92. The molecule has 1 aliphatic carbocycles. The molecule has 2 amide bonds. The number of rotatable bonds is 6. The number of aliphatic hydroxyl groups is 1. The molecular formula is C20H21FN2O6S2. The van der Waals surface area contributed by atoms with E-state index in [2.05, 4.69) is 23.7 Å². The van der Waals surface area contributed by atoms with Crippen LogP contribution in [0.25, 0.3) is 0 Å². The van der Waals surface area contributed by atoms with Crippen molar-refractivity contribution in [3.05, 3.63) is 21.4 Å². The molecule has 1 aromatic heterocycles. The number of nitrogens with zero attached hydrogens (tertiary/aromatic N) is 1. The van der Waals surface area contributed by atoms with Crippen molar-refractivity contribution in [2.45, 2.75) is 36.7 Å². The summed E-state index contributed by atoms with van der Waals surface area (Å²) >= 11 is 1.18. The molecule has 0 unspecified atom stereocenters. The molecule has 0 bridgehead atoms. The average Bonchev–Trinajstić information content (AvgIpc) is 3.05. The van der Waals surface area contributed by atoms with E-state index >= 15 is 0 Å². The number of hydroxylamine groups is 1. The maximum atomic E-state index is 13.6. The van der Waals surface area contributed by atoms with Gasteiger partial charge < -0.3 is 10.0 Å². The summed E-state index contributed by atoms with van der Waals surface area (Å²) in [6.45, 7) is 0.917. The fraction of sp³-hybridized carbons (Fsp3) is 0.500. The van der Waals surface area contributed by atoms with Crippen LogP contribution in [0.3, 0.4) is 0 Å². The van der Waals surface area contributed by atoms with Crippen LogP contribution in [0.4, 0.5) is 4.39 Å². The van der Waals surface area contributed by atoms with Gasteiger partial charge >= 0.3 is 0 Å². The van der Waals surface area contributed by atoms with Crippen molar-refractivity contribution >= 4 is 33.0 Å². The Hall–Kier alpha value is -2.44. The maximum absolute atomic E-state index is 13.6. The molecule has 3 rings (SSSR count). The summed E-state index contributed by atoms with van der Waals surface area (Å²) in [6.07, 6.45) is 0.930. The molecule has 0 radical (unpaired) electrons. The second kappa shape index (κ2) is 8.24. The molecule has 2 heterocycles. The summed E-state index contributed by atoms with van der Waals surface area (Å²) < 4.78 is 35.8. The molecule has 3 N–H and O–H groups in total. The third-order valence-electron chi connectivity index (χ3n) is 5.68. The van der Waals surface area contributed by atoms with Crippen molar-refractivity contribution in [1.29, 1.82) is 0 Å². The number of amides is 2. The third kappa shape index (κ3) is 4.46. The van der Waals surface area contributed by atoms with E-state index in [1.807, 2.05) is 0 Å². The summed E-state index contributed by atoms with van der Waals surface area (Å²) in [6, 6.07) is 1.74. The monoisotopic (exact) mass is 468 g/mol. The van der Waals surface area contributed by atoms with Gasteiger partial charge in [-0.3, -0.25) is 14.8 Å². The van der Waals surface area contributed by atoms with Crippen molar-refractivity contribution in [2.24, 2.45) is 5.92 Å². The minimum absolute atomic E-state index is 0.0148. The van der Waals surface area contributed by atoms with E-state index in [1.165, 1.54) is 28.6 Å². The number of carbonyl (C=O) groups is 2. The molecule has 31 heavy (non-hydrogen) atoms. The number of halogens is 1. The van der Waals surface area contributed by atoms with Crippen LogP contribution in [-0.4, -0.2) is 65.3 Å². The molecule has 1 aromatic rings. The van der Waals surface area contributed by atoms with E-state index in [1.54, 1.807) is 6.07 Å². The minimum Gasteiger partial charge on any atom is -0.393 e. The highest BCUT2D eigenvalue weighted by Gasteiger charge is 2.54. The Labute approximate surface area is 183 Å². The lowest BCUT2D eigenvalue weighted by molar-refractivity contribution is -0.131. The van der Waals surface area contributed by atoms with E-state index in [-0.39, 0.29) is 31.8 Å². The molecule has 0 spiro atoms. The zero-order chi connectivity index (χ0) is 23.0. The second-order valence-corrected chi connectivity index (χ2v) is 11.4. The predicted octanol–water partition coefficient (Wildman–Crippen LogP) is 0.478. The molecule has 0 aromatic carbocycles. The molecule has 11 heteroatoms. The number of aliphatic hydroxyl groups excluding tert-OH is 1. The smallest absolute Gasteiger partial charge is 0.264 e. The topological polar surface area (TPSA) is 124 Å². The first-order chi connectivity index (χ1) is 14.4. The van der Waals surface area contributed by atoms with E-state index < -0.39 is 38.7 Å². The molecule has 1 aliphatic heterocycles. The van der Waals surface area contributed by atoms with Crippen LogP contribution >= 0.6 is 11.3 Å².